The highest BCUT2D eigenvalue weighted by Gasteiger charge is 2.21. The molecule has 1 aromatic carbocycles. The first-order valence-electron chi connectivity index (χ1n) is 10.2. The van der Waals surface area contributed by atoms with E-state index in [1.54, 1.807) is 19.5 Å². The molecule has 0 N–H and O–H groups in total. The predicted octanol–water partition coefficient (Wildman–Crippen LogP) is 2.65. The summed E-state index contributed by atoms with van der Waals surface area (Å²) in [6.45, 7) is 6.69. The van der Waals surface area contributed by atoms with Crippen molar-refractivity contribution in [1.29, 1.82) is 0 Å². The summed E-state index contributed by atoms with van der Waals surface area (Å²) in [7, 11) is 1.63. The number of piperazine rings is 1. The second-order valence-electron chi connectivity index (χ2n) is 7.49. The van der Waals surface area contributed by atoms with Gasteiger partial charge in [-0.2, -0.15) is 5.10 Å². The van der Waals surface area contributed by atoms with Crippen LogP contribution in [0.4, 0.5) is 5.82 Å². The number of hydrogen-bond donors (Lipinski definition) is 0. The molecule has 3 heterocycles. The maximum Gasteiger partial charge on any atom is 0.246 e. The number of anilines is 1. The highest BCUT2D eigenvalue weighted by molar-refractivity contribution is 5.92. The van der Waals surface area contributed by atoms with E-state index in [1.807, 2.05) is 65.9 Å². The van der Waals surface area contributed by atoms with Crippen LogP contribution in [0.3, 0.4) is 0 Å². The maximum absolute atomic E-state index is 12.6. The largest absolute Gasteiger partial charge is 0.497 e. The number of hydrogen-bond acceptors (Lipinski definition) is 6. The average Bonchev–Trinajstić information content (AvgIpc) is 3.16. The van der Waals surface area contributed by atoms with Gasteiger partial charge < -0.3 is 14.5 Å². The third-order valence-electron chi connectivity index (χ3n) is 5.31. The van der Waals surface area contributed by atoms with Crippen molar-refractivity contribution in [1.82, 2.24) is 24.6 Å². The average molecular weight is 419 g/mol. The standard InChI is InChI=1S/C23H26N6O2/c1-17-14-18(2)29(26-17)22-15-21(24-16-25-22)27-10-12-28(13-11-27)23(30)9-6-19-4-7-20(31-3)8-5-19/h4-9,14-16H,10-13H2,1-3H3/b9-6+. The van der Waals surface area contributed by atoms with Crippen LogP contribution in [-0.2, 0) is 4.79 Å². The van der Waals surface area contributed by atoms with Gasteiger partial charge in [0.1, 0.15) is 17.9 Å². The second-order valence-corrected chi connectivity index (χ2v) is 7.49. The first-order valence-corrected chi connectivity index (χ1v) is 10.2. The highest BCUT2D eigenvalue weighted by atomic mass is 16.5. The summed E-state index contributed by atoms with van der Waals surface area (Å²) in [6.07, 6.45) is 5.03. The second kappa shape index (κ2) is 8.99. The molecule has 1 saturated heterocycles. The summed E-state index contributed by atoms with van der Waals surface area (Å²) in [4.78, 5) is 25.4. The fourth-order valence-electron chi connectivity index (χ4n) is 3.63. The number of methoxy groups -OCH3 is 1. The summed E-state index contributed by atoms with van der Waals surface area (Å²) in [5.41, 5.74) is 2.94. The Morgan fingerprint density at radius 1 is 1.00 bits per heavy atom. The quantitative estimate of drug-likeness (QED) is 0.593. The predicted molar refractivity (Wildman–Crippen MR) is 119 cm³/mol. The van der Waals surface area contributed by atoms with Crippen LogP contribution < -0.4 is 9.64 Å². The Kier molecular flexibility index (Phi) is 5.97. The van der Waals surface area contributed by atoms with Crippen LogP contribution in [0.5, 0.6) is 5.75 Å². The number of benzene rings is 1. The van der Waals surface area contributed by atoms with Crippen molar-refractivity contribution >= 4 is 17.8 Å². The topological polar surface area (TPSA) is 76.4 Å². The van der Waals surface area contributed by atoms with E-state index in [9.17, 15) is 4.79 Å². The molecule has 0 radical (unpaired) electrons. The number of carbonyl (C=O) groups is 1. The molecule has 0 saturated carbocycles. The molecule has 8 nitrogen and oxygen atoms in total. The summed E-state index contributed by atoms with van der Waals surface area (Å²) >= 11 is 0. The van der Waals surface area contributed by atoms with Crippen molar-refractivity contribution < 1.29 is 9.53 Å². The Morgan fingerprint density at radius 2 is 1.71 bits per heavy atom. The molecule has 0 spiro atoms. The Balaban J connectivity index is 1.37. The van der Waals surface area contributed by atoms with Gasteiger partial charge in [0.15, 0.2) is 5.82 Å². The van der Waals surface area contributed by atoms with Gasteiger partial charge in [0, 0.05) is 44.0 Å². The van der Waals surface area contributed by atoms with Gasteiger partial charge >= 0.3 is 0 Å². The monoisotopic (exact) mass is 418 g/mol. The zero-order valence-corrected chi connectivity index (χ0v) is 18.0. The van der Waals surface area contributed by atoms with Crippen LogP contribution in [0.25, 0.3) is 11.9 Å². The SMILES string of the molecule is COc1ccc(/C=C/C(=O)N2CCN(c3cc(-n4nc(C)cc4C)ncn3)CC2)cc1. The molecule has 0 unspecified atom stereocenters. The van der Waals surface area contributed by atoms with Gasteiger partial charge in [-0.05, 0) is 43.7 Å². The lowest BCUT2D eigenvalue weighted by Crippen LogP contribution is -2.48. The van der Waals surface area contributed by atoms with Crippen molar-refractivity contribution in [3.8, 4) is 11.6 Å². The van der Waals surface area contributed by atoms with E-state index < -0.39 is 0 Å². The molecular formula is C23H26N6O2. The van der Waals surface area contributed by atoms with Gasteiger partial charge in [0.25, 0.3) is 0 Å². The molecule has 0 atom stereocenters. The lowest BCUT2D eigenvalue weighted by atomic mass is 10.2. The molecule has 4 rings (SSSR count). The molecule has 2 aromatic heterocycles. The van der Waals surface area contributed by atoms with E-state index in [0.29, 0.717) is 13.1 Å². The van der Waals surface area contributed by atoms with Crippen LogP contribution in [-0.4, -0.2) is 63.8 Å². The van der Waals surface area contributed by atoms with Crippen molar-refractivity contribution in [2.24, 2.45) is 0 Å². The Bertz CT molecular complexity index is 1080. The van der Waals surface area contributed by atoms with E-state index in [2.05, 4.69) is 20.0 Å². The van der Waals surface area contributed by atoms with Crippen LogP contribution in [0, 0.1) is 13.8 Å². The maximum atomic E-state index is 12.6. The van der Waals surface area contributed by atoms with Crippen molar-refractivity contribution in [2.75, 3.05) is 38.2 Å². The molecule has 0 aliphatic carbocycles. The first-order chi connectivity index (χ1) is 15.0. The van der Waals surface area contributed by atoms with Gasteiger partial charge in [-0.3, -0.25) is 4.79 Å². The minimum absolute atomic E-state index is 0.0153. The van der Waals surface area contributed by atoms with Crippen LogP contribution in [0.1, 0.15) is 17.0 Å². The van der Waals surface area contributed by atoms with Gasteiger partial charge in [-0.1, -0.05) is 12.1 Å². The van der Waals surface area contributed by atoms with Crippen molar-refractivity contribution in [3.63, 3.8) is 0 Å². The lowest BCUT2D eigenvalue weighted by molar-refractivity contribution is -0.126. The van der Waals surface area contributed by atoms with E-state index in [-0.39, 0.29) is 5.91 Å². The first kappa shape index (κ1) is 20.6. The Hall–Kier alpha value is -3.68. The summed E-state index contributed by atoms with van der Waals surface area (Å²) in [5.74, 6) is 2.40. The molecular weight excluding hydrogens is 392 g/mol. The van der Waals surface area contributed by atoms with Gasteiger partial charge in [0.05, 0.1) is 12.8 Å². The van der Waals surface area contributed by atoms with Crippen molar-refractivity contribution in [2.45, 2.75) is 13.8 Å². The lowest BCUT2D eigenvalue weighted by Gasteiger charge is -2.35. The Labute approximate surface area is 181 Å². The number of carbonyl (C=O) groups excluding carboxylic acids is 1. The minimum atomic E-state index is 0.0153. The smallest absolute Gasteiger partial charge is 0.246 e. The fraction of sp³-hybridized carbons (Fsp3) is 0.304. The fourth-order valence-corrected chi connectivity index (χ4v) is 3.63. The summed E-state index contributed by atoms with van der Waals surface area (Å²) in [6, 6.07) is 11.6. The minimum Gasteiger partial charge on any atom is -0.497 e. The Morgan fingerprint density at radius 3 is 2.35 bits per heavy atom. The molecule has 0 bridgehead atoms. The third-order valence-corrected chi connectivity index (χ3v) is 5.31. The van der Waals surface area contributed by atoms with E-state index in [1.165, 1.54) is 0 Å². The van der Waals surface area contributed by atoms with Crippen molar-refractivity contribution in [3.05, 3.63) is 65.8 Å². The van der Waals surface area contributed by atoms with E-state index in [0.717, 1.165) is 47.4 Å². The third kappa shape index (κ3) is 4.74. The molecule has 1 amide bonds. The molecule has 1 aliphatic heterocycles. The number of rotatable bonds is 5. The summed E-state index contributed by atoms with van der Waals surface area (Å²) < 4.78 is 6.98. The molecule has 160 valence electrons. The van der Waals surface area contributed by atoms with Gasteiger partial charge in [-0.15, -0.1) is 0 Å². The van der Waals surface area contributed by atoms with E-state index >= 15 is 0 Å². The van der Waals surface area contributed by atoms with Crippen LogP contribution in [0.15, 0.2) is 48.8 Å². The zero-order chi connectivity index (χ0) is 21.8. The number of amides is 1. The molecule has 3 aromatic rings. The van der Waals surface area contributed by atoms with Gasteiger partial charge in [-0.25, -0.2) is 14.6 Å². The normalized spacial score (nSPS) is 14.3. The summed E-state index contributed by atoms with van der Waals surface area (Å²) in [5, 5.41) is 4.50. The van der Waals surface area contributed by atoms with Gasteiger partial charge in [0.2, 0.25) is 5.91 Å². The molecule has 1 aliphatic rings. The molecule has 1 fully saturated rings. The molecule has 31 heavy (non-hydrogen) atoms. The zero-order valence-electron chi connectivity index (χ0n) is 18.0. The van der Waals surface area contributed by atoms with E-state index in [4.69, 9.17) is 4.74 Å². The number of aromatic nitrogens is 4. The number of ether oxygens (including phenoxy) is 1. The van der Waals surface area contributed by atoms with Crippen LogP contribution >= 0.6 is 0 Å². The number of aryl methyl sites for hydroxylation is 2. The molecule has 8 heteroatoms. The van der Waals surface area contributed by atoms with Crippen LogP contribution in [0.2, 0.25) is 0 Å². The number of nitrogens with zero attached hydrogens (tertiary/aromatic N) is 6. The highest BCUT2D eigenvalue weighted by Crippen LogP contribution is 2.18.